The molecule has 0 saturated heterocycles. The Morgan fingerprint density at radius 3 is 2.88 bits per heavy atom. The smallest absolute Gasteiger partial charge is 0.127 e. The monoisotopic (exact) mass is 224 g/mol. The molecule has 17 heavy (non-hydrogen) atoms. The van der Waals surface area contributed by atoms with Crippen LogP contribution in [0.5, 0.6) is 0 Å². The first kappa shape index (κ1) is 11.0. The number of nitrogens with zero attached hydrogens (tertiary/aromatic N) is 2. The number of nitrogens with two attached hydrogens (primary N) is 1. The van der Waals surface area contributed by atoms with Crippen molar-refractivity contribution in [2.75, 3.05) is 11.1 Å². The molecule has 4 heteroatoms. The van der Waals surface area contributed by atoms with Crippen LogP contribution >= 0.6 is 0 Å². The van der Waals surface area contributed by atoms with E-state index in [9.17, 15) is 0 Å². The molecule has 3 N–H and O–H groups in total. The Morgan fingerprint density at radius 1 is 1.29 bits per heavy atom. The topological polar surface area (TPSA) is 74.7 Å². The van der Waals surface area contributed by atoms with E-state index in [-0.39, 0.29) is 0 Å². The summed E-state index contributed by atoms with van der Waals surface area (Å²) in [6.07, 6.45) is 1.61. The summed E-state index contributed by atoms with van der Waals surface area (Å²) in [5, 5.41) is 11.9. The van der Waals surface area contributed by atoms with Gasteiger partial charge in [-0.2, -0.15) is 5.26 Å². The Hall–Kier alpha value is -2.54. The van der Waals surface area contributed by atoms with Crippen molar-refractivity contribution in [2.24, 2.45) is 0 Å². The van der Waals surface area contributed by atoms with E-state index in [4.69, 9.17) is 11.0 Å². The lowest BCUT2D eigenvalue weighted by molar-refractivity contribution is 1.11. The van der Waals surface area contributed by atoms with Gasteiger partial charge in [0.15, 0.2) is 0 Å². The molecule has 0 unspecified atom stereocenters. The molecule has 84 valence electrons. The van der Waals surface area contributed by atoms with E-state index >= 15 is 0 Å². The summed E-state index contributed by atoms with van der Waals surface area (Å²) >= 11 is 0. The molecule has 0 saturated carbocycles. The summed E-state index contributed by atoms with van der Waals surface area (Å²) in [6.45, 7) is 0.592. The molecule has 2 aromatic rings. The highest BCUT2D eigenvalue weighted by Gasteiger charge is 1.99. The number of anilines is 2. The number of nitriles is 1. The number of pyridine rings is 1. The average Bonchev–Trinajstić information content (AvgIpc) is 2.38. The zero-order valence-corrected chi connectivity index (χ0v) is 9.22. The van der Waals surface area contributed by atoms with Crippen LogP contribution in [0.4, 0.5) is 11.5 Å². The van der Waals surface area contributed by atoms with Gasteiger partial charge in [-0.05, 0) is 23.8 Å². The van der Waals surface area contributed by atoms with Crippen LogP contribution < -0.4 is 11.1 Å². The highest BCUT2D eigenvalue weighted by Crippen LogP contribution is 2.13. The first-order chi connectivity index (χ1) is 8.29. The lowest BCUT2D eigenvalue weighted by atomic mass is 10.2. The van der Waals surface area contributed by atoms with Crippen LogP contribution in [-0.2, 0) is 6.54 Å². The van der Waals surface area contributed by atoms with E-state index in [2.05, 4.69) is 16.4 Å². The fourth-order valence-electron chi connectivity index (χ4n) is 1.48. The fraction of sp³-hybridized carbons (Fsp3) is 0.0769. The van der Waals surface area contributed by atoms with Crippen molar-refractivity contribution >= 4 is 11.5 Å². The van der Waals surface area contributed by atoms with Crippen LogP contribution in [0.15, 0.2) is 42.6 Å². The SMILES string of the molecule is N#Cc1ccnc(NCc2ccccc2N)c1. The van der Waals surface area contributed by atoms with Gasteiger partial charge in [0, 0.05) is 18.4 Å². The third-order valence-corrected chi connectivity index (χ3v) is 2.40. The minimum Gasteiger partial charge on any atom is -0.398 e. The largest absolute Gasteiger partial charge is 0.398 e. The molecule has 0 spiro atoms. The maximum Gasteiger partial charge on any atom is 0.127 e. The first-order valence-electron chi connectivity index (χ1n) is 5.23. The lowest BCUT2D eigenvalue weighted by Gasteiger charge is -2.07. The van der Waals surface area contributed by atoms with Crippen LogP contribution in [0.25, 0.3) is 0 Å². The Bertz CT molecular complexity index is 557. The van der Waals surface area contributed by atoms with E-state index in [1.54, 1.807) is 18.3 Å². The van der Waals surface area contributed by atoms with E-state index in [0.717, 1.165) is 11.3 Å². The molecule has 4 nitrogen and oxygen atoms in total. The van der Waals surface area contributed by atoms with Crippen molar-refractivity contribution < 1.29 is 0 Å². The highest BCUT2D eigenvalue weighted by atomic mass is 15.0. The van der Waals surface area contributed by atoms with Gasteiger partial charge in [-0.1, -0.05) is 18.2 Å². The fourth-order valence-corrected chi connectivity index (χ4v) is 1.48. The van der Waals surface area contributed by atoms with Gasteiger partial charge in [0.05, 0.1) is 11.6 Å². The molecular weight excluding hydrogens is 212 g/mol. The van der Waals surface area contributed by atoms with Crippen molar-refractivity contribution in [1.82, 2.24) is 4.98 Å². The lowest BCUT2D eigenvalue weighted by Crippen LogP contribution is -2.04. The van der Waals surface area contributed by atoms with Gasteiger partial charge in [-0.15, -0.1) is 0 Å². The second-order valence-corrected chi connectivity index (χ2v) is 3.59. The first-order valence-corrected chi connectivity index (χ1v) is 5.23. The van der Waals surface area contributed by atoms with Crippen LogP contribution in [0.2, 0.25) is 0 Å². The Labute approximate surface area is 99.7 Å². The summed E-state index contributed by atoms with van der Waals surface area (Å²) in [5.41, 5.74) is 8.17. The van der Waals surface area contributed by atoms with Crippen LogP contribution in [0.3, 0.4) is 0 Å². The number of hydrogen-bond acceptors (Lipinski definition) is 4. The minimum atomic E-state index is 0.587. The van der Waals surface area contributed by atoms with Crippen LogP contribution in [-0.4, -0.2) is 4.98 Å². The molecule has 1 aromatic heterocycles. The van der Waals surface area contributed by atoms with Crippen molar-refractivity contribution in [3.05, 3.63) is 53.7 Å². The van der Waals surface area contributed by atoms with Crippen molar-refractivity contribution in [3.63, 3.8) is 0 Å². The molecule has 0 bridgehead atoms. The van der Waals surface area contributed by atoms with Crippen LogP contribution in [0.1, 0.15) is 11.1 Å². The minimum absolute atomic E-state index is 0.587. The summed E-state index contributed by atoms with van der Waals surface area (Å²) in [7, 11) is 0. The molecule has 0 aliphatic carbocycles. The molecule has 0 fully saturated rings. The standard InChI is InChI=1S/C13H12N4/c14-8-10-5-6-16-13(7-10)17-9-11-3-1-2-4-12(11)15/h1-7H,9,15H2,(H,16,17). The maximum absolute atomic E-state index is 8.77. The predicted octanol–water partition coefficient (Wildman–Crippen LogP) is 2.15. The normalized spacial score (nSPS) is 9.59. The number of nitrogen functional groups attached to an aromatic ring is 1. The number of nitrogens with one attached hydrogen (secondary N) is 1. The summed E-state index contributed by atoms with van der Waals surface area (Å²) in [5.74, 6) is 0.673. The third-order valence-electron chi connectivity index (χ3n) is 2.40. The Kier molecular flexibility index (Phi) is 3.22. The van der Waals surface area contributed by atoms with Gasteiger partial charge in [-0.25, -0.2) is 4.98 Å². The molecule has 0 atom stereocenters. The van der Waals surface area contributed by atoms with Crippen molar-refractivity contribution in [2.45, 2.75) is 6.54 Å². The summed E-state index contributed by atoms with van der Waals surface area (Å²) < 4.78 is 0. The molecule has 1 heterocycles. The van der Waals surface area contributed by atoms with E-state index < -0.39 is 0 Å². The quantitative estimate of drug-likeness (QED) is 0.783. The Balaban J connectivity index is 2.08. The van der Waals surface area contributed by atoms with E-state index in [1.165, 1.54) is 0 Å². The molecule has 0 radical (unpaired) electrons. The van der Waals surface area contributed by atoms with E-state index in [1.807, 2.05) is 24.3 Å². The molecular formula is C13H12N4. The van der Waals surface area contributed by atoms with Crippen molar-refractivity contribution in [3.8, 4) is 6.07 Å². The maximum atomic E-state index is 8.77. The molecule has 1 aromatic carbocycles. The Morgan fingerprint density at radius 2 is 2.12 bits per heavy atom. The molecule has 2 rings (SSSR count). The van der Waals surface area contributed by atoms with Crippen LogP contribution in [0, 0.1) is 11.3 Å². The van der Waals surface area contributed by atoms with Gasteiger partial charge in [-0.3, -0.25) is 0 Å². The highest BCUT2D eigenvalue weighted by molar-refractivity contribution is 5.49. The molecule has 0 amide bonds. The third kappa shape index (κ3) is 2.73. The zero-order valence-electron chi connectivity index (χ0n) is 9.22. The zero-order chi connectivity index (χ0) is 12.1. The van der Waals surface area contributed by atoms with Gasteiger partial charge in [0.1, 0.15) is 5.82 Å². The predicted molar refractivity (Wildman–Crippen MR) is 67.1 cm³/mol. The number of para-hydroxylation sites is 1. The summed E-state index contributed by atoms with van der Waals surface area (Å²) in [6, 6.07) is 13.1. The summed E-state index contributed by atoms with van der Waals surface area (Å²) in [4.78, 5) is 4.13. The van der Waals surface area contributed by atoms with Gasteiger partial charge >= 0.3 is 0 Å². The van der Waals surface area contributed by atoms with Crippen molar-refractivity contribution in [1.29, 1.82) is 5.26 Å². The van der Waals surface area contributed by atoms with Gasteiger partial charge in [0.25, 0.3) is 0 Å². The molecule has 0 aliphatic rings. The van der Waals surface area contributed by atoms with Gasteiger partial charge < -0.3 is 11.1 Å². The number of rotatable bonds is 3. The number of hydrogen-bond donors (Lipinski definition) is 2. The second-order valence-electron chi connectivity index (χ2n) is 3.59. The molecule has 0 aliphatic heterocycles. The second kappa shape index (κ2) is 4.99. The van der Waals surface area contributed by atoms with E-state index in [0.29, 0.717) is 17.9 Å². The van der Waals surface area contributed by atoms with Gasteiger partial charge in [0.2, 0.25) is 0 Å². The average molecular weight is 224 g/mol. The number of aromatic nitrogens is 1. The number of benzene rings is 1.